The summed E-state index contributed by atoms with van der Waals surface area (Å²) in [6.45, 7) is 1.78. The zero-order chi connectivity index (χ0) is 16.1. The van der Waals surface area contributed by atoms with Gasteiger partial charge in [0, 0.05) is 0 Å². The number of ether oxygens (including phenoxy) is 1. The van der Waals surface area contributed by atoms with Gasteiger partial charge in [0.1, 0.15) is 11.5 Å². The van der Waals surface area contributed by atoms with E-state index in [4.69, 9.17) is 4.74 Å². The number of amides is 1. The summed E-state index contributed by atoms with van der Waals surface area (Å²) in [5, 5.41) is 13.7. The number of hydrazone groups is 1. The monoisotopic (exact) mass is 362 g/mol. The highest BCUT2D eigenvalue weighted by Crippen LogP contribution is 2.25. The lowest BCUT2D eigenvalue weighted by Gasteiger charge is -2.07. The van der Waals surface area contributed by atoms with Crippen LogP contribution in [-0.2, 0) is 0 Å². The molecule has 0 atom stereocenters. The first-order valence-electron chi connectivity index (χ1n) is 6.49. The van der Waals surface area contributed by atoms with Crippen LogP contribution in [0.15, 0.2) is 52.0 Å². The van der Waals surface area contributed by atoms with Crippen LogP contribution in [0, 0.1) is 0 Å². The van der Waals surface area contributed by atoms with E-state index in [0.29, 0.717) is 5.71 Å². The summed E-state index contributed by atoms with van der Waals surface area (Å²) in [6, 6.07) is 11.8. The third-order valence-electron chi connectivity index (χ3n) is 3.04. The lowest BCUT2D eigenvalue weighted by Crippen LogP contribution is -2.19. The second-order valence-corrected chi connectivity index (χ2v) is 5.36. The molecule has 0 saturated carbocycles. The average Bonchev–Trinajstić information content (AvgIpc) is 2.52. The van der Waals surface area contributed by atoms with Gasteiger partial charge < -0.3 is 9.84 Å². The van der Waals surface area contributed by atoms with E-state index in [9.17, 15) is 9.90 Å². The van der Waals surface area contributed by atoms with Gasteiger partial charge in [0.25, 0.3) is 5.91 Å². The van der Waals surface area contributed by atoms with E-state index in [1.807, 2.05) is 18.2 Å². The molecule has 114 valence electrons. The molecule has 0 bridgehead atoms. The number of nitrogens with one attached hydrogen (secondary N) is 1. The molecule has 6 heteroatoms. The Balaban J connectivity index is 2.14. The molecule has 0 heterocycles. The van der Waals surface area contributed by atoms with Gasteiger partial charge in [-0.3, -0.25) is 4.79 Å². The second-order valence-electron chi connectivity index (χ2n) is 4.50. The van der Waals surface area contributed by atoms with E-state index >= 15 is 0 Å². The smallest absolute Gasteiger partial charge is 0.275 e. The van der Waals surface area contributed by atoms with Crippen molar-refractivity contribution < 1.29 is 14.6 Å². The van der Waals surface area contributed by atoms with Gasteiger partial charge in [0.2, 0.25) is 0 Å². The van der Waals surface area contributed by atoms with Crippen LogP contribution in [0.5, 0.6) is 11.5 Å². The fourth-order valence-electron chi connectivity index (χ4n) is 1.82. The number of hydrogen-bond donors (Lipinski definition) is 2. The molecule has 22 heavy (non-hydrogen) atoms. The molecule has 5 nitrogen and oxygen atoms in total. The van der Waals surface area contributed by atoms with Gasteiger partial charge in [-0.05, 0) is 58.7 Å². The summed E-state index contributed by atoms with van der Waals surface area (Å²) in [5.74, 6) is 0.167. The molecule has 0 aliphatic heterocycles. The van der Waals surface area contributed by atoms with Crippen LogP contribution in [0.1, 0.15) is 22.8 Å². The van der Waals surface area contributed by atoms with Crippen LogP contribution in [0.2, 0.25) is 0 Å². The van der Waals surface area contributed by atoms with Gasteiger partial charge in [-0.25, -0.2) is 5.43 Å². The number of aromatic hydroxyl groups is 1. The van der Waals surface area contributed by atoms with Gasteiger partial charge in [-0.2, -0.15) is 5.10 Å². The average molecular weight is 363 g/mol. The molecule has 2 N–H and O–H groups in total. The zero-order valence-electron chi connectivity index (χ0n) is 12.1. The first-order chi connectivity index (χ1) is 10.5. The number of para-hydroxylation sites is 1. The van der Waals surface area contributed by atoms with Crippen molar-refractivity contribution in [3.63, 3.8) is 0 Å². The van der Waals surface area contributed by atoms with E-state index < -0.39 is 5.91 Å². The van der Waals surface area contributed by atoms with Crippen molar-refractivity contribution in [1.82, 2.24) is 5.43 Å². The lowest BCUT2D eigenvalue weighted by atomic mass is 10.1. The minimum atomic E-state index is -0.468. The van der Waals surface area contributed by atoms with Crippen LogP contribution in [0.25, 0.3) is 0 Å². The van der Waals surface area contributed by atoms with Gasteiger partial charge in [0.15, 0.2) is 0 Å². The lowest BCUT2D eigenvalue weighted by molar-refractivity contribution is 0.0952. The molecule has 0 radical (unpaired) electrons. The topological polar surface area (TPSA) is 70.9 Å². The Morgan fingerprint density at radius 1 is 1.27 bits per heavy atom. The van der Waals surface area contributed by atoms with Crippen molar-refractivity contribution in [2.75, 3.05) is 7.11 Å². The minimum Gasteiger partial charge on any atom is -0.507 e. The highest BCUT2D eigenvalue weighted by Gasteiger charge is 2.10. The number of nitrogens with zero attached hydrogens (tertiary/aromatic N) is 1. The normalized spacial score (nSPS) is 11.1. The van der Waals surface area contributed by atoms with Crippen LogP contribution in [0.4, 0.5) is 0 Å². The molecule has 2 rings (SSSR count). The second kappa shape index (κ2) is 7.09. The number of phenolic OH excluding ortho intramolecular Hbond substituents is 1. The van der Waals surface area contributed by atoms with Crippen LogP contribution in [-0.4, -0.2) is 23.8 Å². The summed E-state index contributed by atoms with van der Waals surface area (Å²) >= 11 is 3.40. The Labute approximate surface area is 136 Å². The Hall–Kier alpha value is -2.34. The predicted molar refractivity (Wildman–Crippen MR) is 88.5 cm³/mol. The van der Waals surface area contributed by atoms with Crippen LogP contribution >= 0.6 is 15.9 Å². The van der Waals surface area contributed by atoms with Gasteiger partial charge >= 0.3 is 0 Å². The van der Waals surface area contributed by atoms with Crippen LogP contribution in [0.3, 0.4) is 0 Å². The molecule has 0 spiro atoms. The number of hydrogen-bond acceptors (Lipinski definition) is 4. The van der Waals surface area contributed by atoms with E-state index in [2.05, 4.69) is 26.5 Å². The third-order valence-corrected chi connectivity index (χ3v) is 3.66. The number of phenols is 1. The molecule has 2 aromatic rings. The Bertz CT molecular complexity index is 729. The number of carbonyl (C=O) groups is 1. The number of carbonyl (C=O) groups excluding carboxylic acids is 1. The molecular formula is C16H15BrN2O3. The maximum absolute atomic E-state index is 12.0. The Morgan fingerprint density at radius 3 is 2.64 bits per heavy atom. The van der Waals surface area contributed by atoms with Crippen molar-refractivity contribution in [3.05, 3.63) is 58.1 Å². The summed E-state index contributed by atoms with van der Waals surface area (Å²) in [6.07, 6.45) is 0. The predicted octanol–water partition coefficient (Wildman–Crippen LogP) is 3.32. The molecule has 2 aromatic carbocycles. The van der Waals surface area contributed by atoms with Gasteiger partial charge in [-0.15, -0.1) is 0 Å². The fourth-order valence-corrected chi connectivity index (χ4v) is 2.36. The fraction of sp³-hybridized carbons (Fsp3) is 0.125. The molecule has 1 amide bonds. The number of methoxy groups -OCH3 is 1. The zero-order valence-corrected chi connectivity index (χ0v) is 13.7. The van der Waals surface area contributed by atoms with E-state index in [-0.39, 0.29) is 11.3 Å². The largest absolute Gasteiger partial charge is 0.507 e. The van der Waals surface area contributed by atoms with Crippen molar-refractivity contribution in [1.29, 1.82) is 0 Å². The quantitative estimate of drug-likeness (QED) is 0.647. The third kappa shape index (κ3) is 3.65. The van der Waals surface area contributed by atoms with Crippen molar-refractivity contribution >= 4 is 27.5 Å². The first kappa shape index (κ1) is 16.0. The highest BCUT2D eigenvalue weighted by molar-refractivity contribution is 9.10. The molecule has 0 aliphatic rings. The van der Waals surface area contributed by atoms with Gasteiger partial charge in [0.05, 0.1) is 22.9 Å². The van der Waals surface area contributed by atoms with Crippen molar-refractivity contribution in [3.8, 4) is 11.5 Å². The molecular weight excluding hydrogens is 348 g/mol. The molecule has 0 unspecified atom stereocenters. The molecule has 0 aliphatic carbocycles. The SMILES string of the molecule is COc1ccc(/C(C)=N/NC(=O)c2ccccc2O)cc1Br. The summed E-state index contributed by atoms with van der Waals surface area (Å²) in [4.78, 5) is 12.0. The number of halogens is 1. The Kier molecular flexibility index (Phi) is 5.16. The summed E-state index contributed by atoms with van der Waals surface area (Å²) in [7, 11) is 1.59. The van der Waals surface area contributed by atoms with Gasteiger partial charge in [-0.1, -0.05) is 12.1 Å². The number of rotatable bonds is 4. The summed E-state index contributed by atoms with van der Waals surface area (Å²) < 4.78 is 5.96. The minimum absolute atomic E-state index is 0.0833. The molecule has 0 fully saturated rings. The Morgan fingerprint density at radius 2 is 2.00 bits per heavy atom. The van der Waals surface area contributed by atoms with E-state index in [0.717, 1.165) is 15.8 Å². The number of benzene rings is 2. The molecule has 0 saturated heterocycles. The maximum Gasteiger partial charge on any atom is 0.275 e. The van der Waals surface area contributed by atoms with E-state index in [1.165, 1.54) is 12.1 Å². The highest BCUT2D eigenvalue weighted by atomic mass is 79.9. The van der Waals surface area contributed by atoms with Crippen LogP contribution < -0.4 is 10.2 Å². The molecule has 0 aromatic heterocycles. The van der Waals surface area contributed by atoms with Crippen molar-refractivity contribution in [2.24, 2.45) is 5.10 Å². The first-order valence-corrected chi connectivity index (χ1v) is 7.28. The summed E-state index contributed by atoms with van der Waals surface area (Å²) in [5.41, 5.74) is 4.07. The maximum atomic E-state index is 12.0. The van der Waals surface area contributed by atoms with E-state index in [1.54, 1.807) is 26.2 Å². The standard InChI is InChI=1S/C16H15BrN2O3/c1-10(11-7-8-15(22-2)13(17)9-11)18-19-16(21)12-5-3-4-6-14(12)20/h3-9,20H,1-2H3,(H,19,21)/b18-10+. The van der Waals surface area contributed by atoms with Crippen molar-refractivity contribution in [2.45, 2.75) is 6.92 Å².